The van der Waals surface area contributed by atoms with Gasteiger partial charge in [-0.1, -0.05) is 33.6 Å². The Kier molecular flexibility index (Phi) is 2.50. The third-order valence-corrected chi connectivity index (χ3v) is 2.98. The molecule has 0 bridgehead atoms. The molecule has 0 aromatic heterocycles. The van der Waals surface area contributed by atoms with E-state index in [1.807, 2.05) is 0 Å². The molecule has 2 nitrogen and oxygen atoms in total. The van der Waals surface area contributed by atoms with E-state index in [1.165, 1.54) is 0 Å². The van der Waals surface area contributed by atoms with Crippen LogP contribution in [0.2, 0.25) is 0 Å². The molecule has 0 heterocycles. The Bertz CT molecular complexity index is 154. The summed E-state index contributed by atoms with van der Waals surface area (Å²) in [7, 11) is 0. The second kappa shape index (κ2) is 3.00. The second-order valence-electron chi connectivity index (χ2n) is 5.15. The fourth-order valence-corrected chi connectivity index (χ4v) is 2.10. The Morgan fingerprint density at radius 1 is 1.25 bits per heavy atom. The van der Waals surface area contributed by atoms with Crippen molar-refractivity contribution in [2.45, 2.75) is 58.1 Å². The van der Waals surface area contributed by atoms with E-state index in [9.17, 15) is 5.11 Å². The van der Waals surface area contributed by atoms with Gasteiger partial charge in [0.15, 0.2) is 0 Å². The monoisotopic (exact) mass is 171 g/mol. The zero-order chi connectivity index (χ0) is 9.41. The minimum absolute atomic E-state index is 0.0130. The van der Waals surface area contributed by atoms with E-state index in [2.05, 4.69) is 20.8 Å². The lowest BCUT2D eigenvalue weighted by Crippen LogP contribution is -2.53. The minimum atomic E-state index is -0.585. The number of rotatable bonds is 1. The summed E-state index contributed by atoms with van der Waals surface area (Å²) in [6, 6.07) is -0.0903. The molecule has 0 saturated heterocycles. The molecule has 1 unspecified atom stereocenters. The normalized spacial score (nSPS) is 25.8. The van der Waals surface area contributed by atoms with Crippen LogP contribution < -0.4 is 5.73 Å². The van der Waals surface area contributed by atoms with Crippen molar-refractivity contribution in [1.29, 1.82) is 0 Å². The van der Waals surface area contributed by atoms with Crippen molar-refractivity contribution in [3.05, 3.63) is 0 Å². The van der Waals surface area contributed by atoms with Gasteiger partial charge in [-0.25, -0.2) is 0 Å². The summed E-state index contributed by atoms with van der Waals surface area (Å²) in [6.07, 6.45) is 4.01. The maximum Gasteiger partial charge on any atom is 0.0803 e. The largest absolute Gasteiger partial charge is 0.388 e. The van der Waals surface area contributed by atoms with Crippen LogP contribution >= 0.6 is 0 Å². The lowest BCUT2D eigenvalue weighted by atomic mass is 9.76. The number of aliphatic hydroxyl groups is 1. The van der Waals surface area contributed by atoms with Crippen LogP contribution in [0.3, 0.4) is 0 Å². The fraction of sp³-hybridized carbons (Fsp3) is 1.00. The Labute approximate surface area is 75.2 Å². The van der Waals surface area contributed by atoms with Crippen LogP contribution in [0.1, 0.15) is 46.5 Å². The lowest BCUT2D eigenvalue weighted by molar-refractivity contribution is -0.0145. The highest BCUT2D eigenvalue weighted by Crippen LogP contribution is 2.37. The Hall–Kier alpha value is -0.0800. The molecule has 72 valence electrons. The van der Waals surface area contributed by atoms with E-state index >= 15 is 0 Å². The van der Waals surface area contributed by atoms with Gasteiger partial charge in [0.2, 0.25) is 0 Å². The average molecular weight is 171 g/mol. The van der Waals surface area contributed by atoms with E-state index in [1.54, 1.807) is 0 Å². The van der Waals surface area contributed by atoms with Crippen molar-refractivity contribution in [2.24, 2.45) is 11.1 Å². The maximum atomic E-state index is 10.2. The average Bonchev–Trinajstić information content (AvgIpc) is 2.34. The molecule has 0 aromatic rings. The molecule has 0 aliphatic heterocycles. The first kappa shape index (κ1) is 10.0. The third kappa shape index (κ3) is 1.80. The van der Waals surface area contributed by atoms with Crippen LogP contribution in [-0.4, -0.2) is 16.7 Å². The van der Waals surface area contributed by atoms with Gasteiger partial charge in [0, 0.05) is 6.04 Å². The molecule has 2 heteroatoms. The van der Waals surface area contributed by atoms with Gasteiger partial charge in [0.25, 0.3) is 0 Å². The van der Waals surface area contributed by atoms with Gasteiger partial charge in [0.1, 0.15) is 0 Å². The zero-order valence-electron chi connectivity index (χ0n) is 8.43. The maximum absolute atomic E-state index is 10.2. The fourth-order valence-electron chi connectivity index (χ4n) is 2.10. The van der Waals surface area contributed by atoms with Gasteiger partial charge in [-0.2, -0.15) is 0 Å². The van der Waals surface area contributed by atoms with Crippen LogP contribution in [0.5, 0.6) is 0 Å². The Balaban J connectivity index is 2.68. The molecule has 12 heavy (non-hydrogen) atoms. The molecule has 3 N–H and O–H groups in total. The highest BCUT2D eigenvalue weighted by Gasteiger charge is 2.42. The highest BCUT2D eigenvalue weighted by atomic mass is 16.3. The summed E-state index contributed by atoms with van der Waals surface area (Å²) in [6.45, 7) is 6.27. The zero-order valence-corrected chi connectivity index (χ0v) is 8.43. The first-order chi connectivity index (χ1) is 5.36. The molecule has 0 aromatic carbocycles. The summed E-state index contributed by atoms with van der Waals surface area (Å²) in [5, 5.41) is 10.2. The minimum Gasteiger partial charge on any atom is -0.388 e. The van der Waals surface area contributed by atoms with Gasteiger partial charge in [0.05, 0.1) is 5.60 Å². The molecule has 0 spiro atoms. The summed E-state index contributed by atoms with van der Waals surface area (Å²) in [5.41, 5.74) is 5.47. The van der Waals surface area contributed by atoms with E-state index in [-0.39, 0.29) is 11.5 Å². The number of nitrogens with two attached hydrogens (primary N) is 1. The van der Waals surface area contributed by atoms with Gasteiger partial charge >= 0.3 is 0 Å². The summed E-state index contributed by atoms with van der Waals surface area (Å²) in [4.78, 5) is 0. The van der Waals surface area contributed by atoms with Crippen LogP contribution in [0.25, 0.3) is 0 Å². The summed E-state index contributed by atoms with van der Waals surface area (Å²) < 4.78 is 0. The van der Waals surface area contributed by atoms with E-state index in [4.69, 9.17) is 5.73 Å². The summed E-state index contributed by atoms with van der Waals surface area (Å²) >= 11 is 0. The third-order valence-electron chi connectivity index (χ3n) is 2.98. The van der Waals surface area contributed by atoms with Gasteiger partial charge in [-0.05, 0) is 18.3 Å². The molecule has 1 rings (SSSR count). The van der Waals surface area contributed by atoms with Gasteiger partial charge in [-0.3, -0.25) is 0 Å². The van der Waals surface area contributed by atoms with Crippen molar-refractivity contribution in [1.82, 2.24) is 0 Å². The van der Waals surface area contributed by atoms with Crippen LogP contribution in [-0.2, 0) is 0 Å². The summed E-state index contributed by atoms with van der Waals surface area (Å²) in [5.74, 6) is 0. The second-order valence-corrected chi connectivity index (χ2v) is 5.15. The lowest BCUT2D eigenvalue weighted by Gasteiger charge is -2.38. The van der Waals surface area contributed by atoms with Crippen molar-refractivity contribution in [2.75, 3.05) is 0 Å². The van der Waals surface area contributed by atoms with Crippen molar-refractivity contribution in [3.63, 3.8) is 0 Å². The molecular formula is C10H21NO. The Morgan fingerprint density at radius 2 is 1.67 bits per heavy atom. The predicted molar refractivity (Wildman–Crippen MR) is 50.8 cm³/mol. The highest BCUT2D eigenvalue weighted by molar-refractivity contribution is 4.98. The first-order valence-electron chi connectivity index (χ1n) is 4.84. The van der Waals surface area contributed by atoms with Crippen LogP contribution in [0.15, 0.2) is 0 Å². The quantitative estimate of drug-likeness (QED) is 0.630. The standard InChI is InChI=1S/C10H21NO/c1-9(2,3)8(11)10(12)6-4-5-7-10/h8,12H,4-7,11H2,1-3H3. The van der Waals surface area contributed by atoms with Crippen molar-refractivity contribution < 1.29 is 5.11 Å². The molecule has 1 aliphatic rings. The Morgan fingerprint density at radius 3 is 2.00 bits per heavy atom. The molecular weight excluding hydrogens is 150 g/mol. The van der Waals surface area contributed by atoms with Crippen LogP contribution in [0, 0.1) is 5.41 Å². The topological polar surface area (TPSA) is 46.2 Å². The predicted octanol–water partition coefficient (Wildman–Crippen LogP) is 1.66. The number of hydrogen-bond acceptors (Lipinski definition) is 2. The van der Waals surface area contributed by atoms with Crippen LogP contribution in [0.4, 0.5) is 0 Å². The van der Waals surface area contributed by atoms with E-state index in [0.29, 0.717) is 0 Å². The first-order valence-corrected chi connectivity index (χ1v) is 4.84. The van der Waals surface area contributed by atoms with Gasteiger partial charge in [-0.15, -0.1) is 0 Å². The molecule has 0 radical (unpaired) electrons. The molecule has 1 atom stereocenters. The smallest absolute Gasteiger partial charge is 0.0803 e. The van der Waals surface area contributed by atoms with Crippen molar-refractivity contribution >= 4 is 0 Å². The molecule has 1 fully saturated rings. The van der Waals surface area contributed by atoms with E-state index in [0.717, 1.165) is 25.7 Å². The van der Waals surface area contributed by atoms with Crippen molar-refractivity contribution in [3.8, 4) is 0 Å². The van der Waals surface area contributed by atoms with E-state index < -0.39 is 5.60 Å². The molecule has 1 saturated carbocycles. The van der Waals surface area contributed by atoms with Gasteiger partial charge < -0.3 is 10.8 Å². The number of hydrogen-bond donors (Lipinski definition) is 2. The molecule has 1 aliphatic carbocycles. The SMILES string of the molecule is CC(C)(C)C(N)C1(O)CCCC1. The molecule has 0 amide bonds.